The van der Waals surface area contributed by atoms with Crippen LogP contribution in [0.5, 0.6) is 5.75 Å². The molecular weight excluding hydrogens is 331 g/mol. The van der Waals surface area contributed by atoms with E-state index in [-0.39, 0.29) is 30.1 Å². The SMILES string of the molecule is COc1ccc(CNC(=O)c2csc(CN)n2)c(C(F)(F)F)c1. The zero-order chi connectivity index (χ0) is 17.0. The predicted octanol–water partition coefficient (Wildman–Crippen LogP) is 2.56. The maximum Gasteiger partial charge on any atom is 0.416 e. The summed E-state index contributed by atoms with van der Waals surface area (Å²) in [5.74, 6) is -0.454. The monoisotopic (exact) mass is 345 g/mol. The van der Waals surface area contributed by atoms with Crippen molar-refractivity contribution in [2.75, 3.05) is 7.11 Å². The molecule has 0 aliphatic rings. The van der Waals surface area contributed by atoms with Crippen molar-refractivity contribution in [2.24, 2.45) is 5.73 Å². The number of hydrogen-bond donors (Lipinski definition) is 2. The first-order chi connectivity index (χ1) is 10.8. The fraction of sp³-hybridized carbons (Fsp3) is 0.286. The number of ether oxygens (including phenoxy) is 1. The van der Waals surface area contributed by atoms with Crippen molar-refractivity contribution < 1.29 is 22.7 Å². The van der Waals surface area contributed by atoms with Gasteiger partial charge in [0.25, 0.3) is 5.91 Å². The summed E-state index contributed by atoms with van der Waals surface area (Å²) < 4.78 is 44.0. The Morgan fingerprint density at radius 3 is 2.74 bits per heavy atom. The molecule has 2 aromatic rings. The number of nitrogens with two attached hydrogens (primary N) is 1. The third-order valence-electron chi connectivity index (χ3n) is 3.02. The number of halogens is 3. The summed E-state index contributed by atoms with van der Waals surface area (Å²) in [4.78, 5) is 15.9. The number of nitrogens with zero attached hydrogens (tertiary/aromatic N) is 1. The Labute approximate surface area is 134 Å². The molecule has 0 fully saturated rings. The van der Waals surface area contributed by atoms with E-state index in [2.05, 4.69) is 10.3 Å². The molecule has 124 valence electrons. The average Bonchev–Trinajstić information content (AvgIpc) is 3.00. The normalized spacial score (nSPS) is 11.3. The summed E-state index contributed by atoms with van der Waals surface area (Å²) in [7, 11) is 1.29. The van der Waals surface area contributed by atoms with Gasteiger partial charge in [0.2, 0.25) is 0 Å². The predicted molar refractivity (Wildman–Crippen MR) is 79.2 cm³/mol. The van der Waals surface area contributed by atoms with Gasteiger partial charge >= 0.3 is 6.18 Å². The number of carbonyl (C=O) groups excluding carboxylic acids is 1. The van der Waals surface area contributed by atoms with Crippen LogP contribution in [0.3, 0.4) is 0 Å². The highest BCUT2D eigenvalue weighted by Crippen LogP contribution is 2.34. The van der Waals surface area contributed by atoms with Gasteiger partial charge in [-0.3, -0.25) is 4.79 Å². The summed E-state index contributed by atoms with van der Waals surface area (Å²) >= 11 is 1.22. The maximum absolute atomic E-state index is 13.1. The van der Waals surface area contributed by atoms with Crippen LogP contribution in [0.25, 0.3) is 0 Å². The van der Waals surface area contributed by atoms with Gasteiger partial charge in [-0.15, -0.1) is 11.3 Å². The number of rotatable bonds is 5. The molecule has 2 rings (SSSR count). The number of carbonyl (C=O) groups is 1. The Morgan fingerprint density at radius 1 is 1.43 bits per heavy atom. The van der Waals surface area contributed by atoms with Crippen LogP contribution in [0.2, 0.25) is 0 Å². The van der Waals surface area contributed by atoms with Crippen LogP contribution in [0.15, 0.2) is 23.6 Å². The molecule has 9 heteroatoms. The lowest BCUT2D eigenvalue weighted by Gasteiger charge is -2.14. The van der Waals surface area contributed by atoms with Crippen molar-refractivity contribution in [1.29, 1.82) is 0 Å². The summed E-state index contributed by atoms with van der Waals surface area (Å²) in [5, 5.41) is 4.52. The van der Waals surface area contributed by atoms with Crippen molar-refractivity contribution in [3.63, 3.8) is 0 Å². The lowest BCUT2D eigenvalue weighted by molar-refractivity contribution is -0.138. The minimum absolute atomic E-state index is 0.0547. The highest BCUT2D eigenvalue weighted by atomic mass is 32.1. The highest BCUT2D eigenvalue weighted by Gasteiger charge is 2.33. The van der Waals surface area contributed by atoms with E-state index in [1.165, 1.54) is 36.0 Å². The molecule has 1 aromatic carbocycles. The molecule has 0 aliphatic heterocycles. The van der Waals surface area contributed by atoms with Crippen LogP contribution in [0.1, 0.15) is 26.6 Å². The number of hydrogen-bond acceptors (Lipinski definition) is 5. The van der Waals surface area contributed by atoms with E-state index in [9.17, 15) is 18.0 Å². The van der Waals surface area contributed by atoms with Gasteiger partial charge < -0.3 is 15.8 Å². The van der Waals surface area contributed by atoms with Crippen molar-refractivity contribution in [2.45, 2.75) is 19.3 Å². The largest absolute Gasteiger partial charge is 0.497 e. The summed E-state index contributed by atoms with van der Waals surface area (Å²) in [5.41, 5.74) is 4.64. The minimum atomic E-state index is -4.54. The number of amides is 1. The molecule has 5 nitrogen and oxygen atoms in total. The second kappa shape index (κ2) is 6.97. The zero-order valence-corrected chi connectivity index (χ0v) is 12.9. The third-order valence-corrected chi connectivity index (χ3v) is 3.89. The lowest BCUT2D eigenvalue weighted by atomic mass is 10.1. The topological polar surface area (TPSA) is 77.2 Å². The standard InChI is InChI=1S/C14H14F3N3O2S/c1-22-9-3-2-8(10(4-9)14(15,16)17)6-19-13(21)11-7-23-12(5-18)20-11/h2-4,7H,5-6,18H2,1H3,(H,19,21). The molecule has 1 aromatic heterocycles. The van der Waals surface area contributed by atoms with Gasteiger partial charge in [-0.25, -0.2) is 4.98 Å². The van der Waals surface area contributed by atoms with Crippen molar-refractivity contribution >= 4 is 17.2 Å². The first-order valence-electron chi connectivity index (χ1n) is 6.52. The fourth-order valence-corrected chi connectivity index (χ4v) is 2.53. The lowest BCUT2D eigenvalue weighted by Crippen LogP contribution is -2.25. The van der Waals surface area contributed by atoms with E-state index in [1.807, 2.05) is 0 Å². The Hall–Kier alpha value is -2.13. The molecule has 23 heavy (non-hydrogen) atoms. The van der Waals surface area contributed by atoms with Crippen LogP contribution >= 0.6 is 11.3 Å². The fourth-order valence-electron chi connectivity index (χ4n) is 1.88. The van der Waals surface area contributed by atoms with Gasteiger partial charge in [0, 0.05) is 18.5 Å². The first-order valence-corrected chi connectivity index (χ1v) is 7.40. The van der Waals surface area contributed by atoms with Gasteiger partial charge in [-0.1, -0.05) is 6.07 Å². The summed E-state index contributed by atoms with van der Waals surface area (Å²) in [6.07, 6.45) is -4.54. The molecule has 0 unspecified atom stereocenters. The molecule has 0 radical (unpaired) electrons. The minimum Gasteiger partial charge on any atom is -0.497 e. The molecule has 0 atom stereocenters. The van der Waals surface area contributed by atoms with Crippen LogP contribution in [-0.2, 0) is 19.3 Å². The third kappa shape index (κ3) is 4.20. The Kier molecular flexibility index (Phi) is 5.22. The van der Waals surface area contributed by atoms with Crippen LogP contribution in [0.4, 0.5) is 13.2 Å². The average molecular weight is 345 g/mol. The smallest absolute Gasteiger partial charge is 0.416 e. The second-order valence-electron chi connectivity index (χ2n) is 4.53. The summed E-state index contributed by atoms with van der Waals surface area (Å²) in [6.45, 7) is -0.0677. The van der Waals surface area contributed by atoms with E-state index < -0.39 is 17.6 Å². The van der Waals surface area contributed by atoms with E-state index in [1.54, 1.807) is 0 Å². The quantitative estimate of drug-likeness (QED) is 0.873. The van der Waals surface area contributed by atoms with E-state index in [0.717, 1.165) is 6.07 Å². The first kappa shape index (κ1) is 17.2. The van der Waals surface area contributed by atoms with Gasteiger partial charge in [0.15, 0.2) is 0 Å². The van der Waals surface area contributed by atoms with E-state index in [0.29, 0.717) is 5.01 Å². The summed E-state index contributed by atoms with van der Waals surface area (Å²) in [6, 6.07) is 3.58. The molecule has 0 saturated heterocycles. The van der Waals surface area contributed by atoms with Gasteiger partial charge in [-0.2, -0.15) is 13.2 Å². The molecule has 1 amide bonds. The molecule has 0 saturated carbocycles. The number of benzene rings is 1. The second-order valence-corrected chi connectivity index (χ2v) is 5.48. The number of nitrogens with one attached hydrogen (secondary N) is 1. The van der Waals surface area contributed by atoms with Crippen molar-refractivity contribution in [3.8, 4) is 5.75 Å². The number of alkyl halides is 3. The van der Waals surface area contributed by atoms with Crippen molar-refractivity contribution in [3.05, 3.63) is 45.4 Å². The Bertz CT molecular complexity index is 701. The number of thiazole rings is 1. The molecular formula is C14H14F3N3O2S. The Balaban J connectivity index is 2.15. The van der Waals surface area contributed by atoms with Crippen LogP contribution in [-0.4, -0.2) is 18.0 Å². The molecule has 0 spiro atoms. The van der Waals surface area contributed by atoms with Crippen molar-refractivity contribution in [1.82, 2.24) is 10.3 Å². The van der Waals surface area contributed by atoms with E-state index in [4.69, 9.17) is 10.5 Å². The zero-order valence-electron chi connectivity index (χ0n) is 12.1. The molecule has 0 aliphatic carbocycles. The number of methoxy groups -OCH3 is 1. The van der Waals surface area contributed by atoms with Crippen LogP contribution in [0, 0.1) is 0 Å². The molecule has 0 bridgehead atoms. The maximum atomic E-state index is 13.1. The van der Waals surface area contributed by atoms with Crippen LogP contribution < -0.4 is 15.8 Å². The van der Waals surface area contributed by atoms with Gasteiger partial charge in [0.05, 0.1) is 12.7 Å². The molecule has 1 heterocycles. The number of aromatic nitrogens is 1. The molecule has 3 N–H and O–H groups in total. The van der Waals surface area contributed by atoms with Gasteiger partial charge in [0.1, 0.15) is 16.5 Å². The van der Waals surface area contributed by atoms with Gasteiger partial charge in [-0.05, 0) is 17.7 Å². The highest BCUT2D eigenvalue weighted by molar-refractivity contribution is 7.09. The Morgan fingerprint density at radius 2 is 2.17 bits per heavy atom. The van der Waals surface area contributed by atoms with E-state index >= 15 is 0 Å².